The van der Waals surface area contributed by atoms with Crippen LogP contribution in [0, 0.1) is 0 Å². The number of rotatable bonds is 4. The minimum absolute atomic E-state index is 0.0710. The van der Waals surface area contributed by atoms with Gasteiger partial charge in [-0.3, -0.25) is 9.59 Å². The molecule has 3 rings (SSSR count). The van der Waals surface area contributed by atoms with Crippen LogP contribution in [0.5, 0.6) is 5.75 Å². The van der Waals surface area contributed by atoms with Crippen molar-refractivity contribution in [2.24, 2.45) is 0 Å². The molecule has 2 fully saturated rings. The molecule has 2 amide bonds. The van der Waals surface area contributed by atoms with E-state index >= 15 is 0 Å². The third kappa shape index (κ3) is 6.08. The van der Waals surface area contributed by atoms with Crippen molar-refractivity contribution in [1.82, 2.24) is 9.80 Å². The van der Waals surface area contributed by atoms with Gasteiger partial charge in [0.05, 0.1) is 6.61 Å². The highest BCUT2D eigenvalue weighted by Gasteiger charge is 2.22. The van der Waals surface area contributed by atoms with Crippen LogP contribution in [0.25, 0.3) is 0 Å². The lowest BCUT2D eigenvalue weighted by molar-refractivity contribution is -0.126. The molecular formula is C23H30N2O5. The standard InChI is InChI=1S/C23H30N2O5/c1-2-29-23(28)30-20-11-9-19(10-12-20)22(27)25-14-6-13-24(15-16-25)21(26)17-18-7-4-3-5-8-18/h9-12,17H,2-8,13-16H2,1H3. The average molecular weight is 415 g/mol. The molecule has 162 valence electrons. The number of nitrogens with zero attached hydrogens (tertiary/aromatic N) is 2. The van der Waals surface area contributed by atoms with Gasteiger partial charge >= 0.3 is 6.16 Å². The van der Waals surface area contributed by atoms with Crippen LogP contribution in [0.15, 0.2) is 35.9 Å². The molecule has 7 nitrogen and oxygen atoms in total. The number of amides is 2. The molecule has 1 aliphatic carbocycles. The molecule has 0 bridgehead atoms. The second-order valence-electron chi connectivity index (χ2n) is 7.64. The molecule has 1 saturated heterocycles. The molecule has 1 aliphatic heterocycles. The maximum Gasteiger partial charge on any atom is 0.513 e. The third-order valence-electron chi connectivity index (χ3n) is 5.48. The van der Waals surface area contributed by atoms with Crippen LogP contribution in [-0.2, 0) is 9.53 Å². The largest absolute Gasteiger partial charge is 0.513 e. The van der Waals surface area contributed by atoms with Gasteiger partial charge < -0.3 is 19.3 Å². The van der Waals surface area contributed by atoms with E-state index in [2.05, 4.69) is 0 Å². The zero-order valence-electron chi connectivity index (χ0n) is 17.6. The second-order valence-corrected chi connectivity index (χ2v) is 7.64. The van der Waals surface area contributed by atoms with Gasteiger partial charge in [0, 0.05) is 37.8 Å². The Bertz CT molecular complexity index is 779. The lowest BCUT2D eigenvalue weighted by atomic mass is 9.94. The Hall–Kier alpha value is -2.83. The summed E-state index contributed by atoms with van der Waals surface area (Å²) < 4.78 is 9.76. The molecule has 1 aromatic rings. The van der Waals surface area contributed by atoms with Gasteiger partial charge in [-0.25, -0.2) is 4.79 Å². The number of hydrogen-bond acceptors (Lipinski definition) is 5. The Morgan fingerprint density at radius 1 is 0.900 bits per heavy atom. The van der Waals surface area contributed by atoms with E-state index in [-0.39, 0.29) is 18.4 Å². The van der Waals surface area contributed by atoms with E-state index in [0.717, 1.165) is 19.3 Å². The first-order chi connectivity index (χ1) is 14.6. The van der Waals surface area contributed by atoms with Crippen molar-refractivity contribution in [3.05, 3.63) is 41.5 Å². The molecule has 2 aliphatic rings. The van der Waals surface area contributed by atoms with E-state index in [0.29, 0.717) is 37.5 Å². The predicted octanol–water partition coefficient (Wildman–Crippen LogP) is 3.79. The van der Waals surface area contributed by atoms with E-state index in [4.69, 9.17) is 9.47 Å². The number of carbonyl (C=O) groups is 3. The number of ether oxygens (including phenoxy) is 2. The SMILES string of the molecule is CCOC(=O)Oc1ccc(C(=O)N2CCCN(C(=O)C=C3CCCCC3)CC2)cc1. The van der Waals surface area contributed by atoms with Crippen molar-refractivity contribution in [3.8, 4) is 5.75 Å². The first kappa shape index (κ1) is 21.9. The first-order valence-corrected chi connectivity index (χ1v) is 10.8. The lowest BCUT2D eigenvalue weighted by Crippen LogP contribution is -2.37. The van der Waals surface area contributed by atoms with Crippen LogP contribution < -0.4 is 4.74 Å². The molecule has 1 aromatic carbocycles. The summed E-state index contributed by atoms with van der Waals surface area (Å²) in [6.45, 7) is 4.26. The minimum atomic E-state index is -0.767. The smallest absolute Gasteiger partial charge is 0.434 e. The molecule has 0 unspecified atom stereocenters. The van der Waals surface area contributed by atoms with Crippen LogP contribution in [0.1, 0.15) is 55.8 Å². The fraction of sp³-hybridized carbons (Fsp3) is 0.522. The molecule has 0 atom stereocenters. The molecule has 1 heterocycles. The normalized spacial score (nSPS) is 17.2. The summed E-state index contributed by atoms with van der Waals surface area (Å²) in [6, 6.07) is 6.43. The van der Waals surface area contributed by atoms with E-state index in [1.54, 1.807) is 36.1 Å². The predicted molar refractivity (Wildman–Crippen MR) is 112 cm³/mol. The third-order valence-corrected chi connectivity index (χ3v) is 5.48. The highest BCUT2D eigenvalue weighted by molar-refractivity contribution is 5.94. The Balaban J connectivity index is 1.55. The molecule has 0 aromatic heterocycles. The van der Waals surface area contributed by atoms with Crippen molar-refractivity contribution < 1.29 is 23.9 Å². The highest BCUT2D eigenvalue weighted by atomic mass is 16.7. The van der Waals surface area contributed by atoms with Crippen molar-refractivity contribution >= 4 is 18.0 Å². The quantitative estimate of drug-likeness (QED) is 0.426. The van der Waals surface area contributed by atoms with Crippen LogP contribution in [0.3, 0.4) is 0 Å². The lowest BCUT2D eigenvalue weighted by Gasteiger charge is -2.22. The number of hydrogen-bond donors (Lipinski definition) is 0. The summed E-state index contributed by atoms with van der Waals surface area (Å²) in [4.78, 5) is 40.5. The second kappa shape index (κ2) is 10.8. The van der Waals surface area contributed by atoms with E-state index in [9.17, 15) is 14.4 Å². The van der Waals surface area contributed by atoms with Gasteiger partial charge in [-0.05, 0) is 63.3 Å². The fourth-order valence-electron chi connectivity index (χ4n) is 3.85. The summed E-state index contributed by atoms with van der Waals surface area (Å²) in [7, 11) is 0. The summed E-state index contributed by atoms with van der Waals surface area (Å²) >= 11 is 0. The fourth-order valence-corrected chi connectivity index (χ4v) is 3.85. The Morgan fingerprint density at radius 2 is 1.57 bits per heavy atom. The topological polar surface area (TPSA) is 76.2 Å². The van der Waals surface area contributed by atoms with Crippen molar-refractivity contribution in [3.63, 3.8) is 0 Å². The summed E-state index contributed by atoms with van der Waals surface area (Å²) in [5.74, 6) is 0.313. The molecule has 7 heteroatoms. The van der Waals surface area contributed by atoms with Gasteiger partial charge in [-0.15, -0.1) is 0 Å². The van der Waals surface area contributed by atoms with Crippen LogP contribution in [0.4, 0.5) is 4.79 Å². The average Bonchev–Trinajstić information content (AvgIpc) is 3.01. The summed E-state index contributed by atoms with van der Waals surface area (Å²) in [5.41, 5.74) is 1.78. The Morgan fingerprint density at radius 3 is 2.27 bits per heavy atom. The van der Waals surface area contributed by atoms with Crippen molar-refractivity contribution in [1.29, 1.82) is 0 Å². The first-order valence-electron chi connectivity index (χ1n) is 10.8. The highest BCUT2D eigenvalue weighted by Crippen LogP contribution is 2.23. The zero-order valence-corrected chi connectivity index (χ0v) is 17.6. The molecule has 0 N–H and O–H groups in total. The molecule has 1 saturated carbocycles. The molecule has 30 heavy (non-hydrogen) atoms. The van der Waals surface area contributed by atoms with Gasteiger partial charge in [0.25, 0.3) is 5.91 Å². The van der Waals surface area contributed by atoms with E-state index in [1.165, 1.54) is 24.8 Å². The monoisotopic (exact) mass is 414 g/mol. The number of carbonyl (C=O) groups excluding carboxylic acids is 3. The van der Waals surface area contributed by atoms with Gasteiger partial charge in [0.1, 0.15) is 5.75 Å². The van der Waals surface area contributed by atoms with Crippen molar-refractivity contribution in [2.75, 3.05) is 32.8 Å². The van der Waals surface area contributed by atoms with Crippen molar-refractivity contribution in [2.45, 2.75) is 45.4 Å². The van der Waals surface area contributed by atoms with E-state index in [1.807, 2.05) is 11.0 Å². The molecular weight excluding hydrogens is 384 g/mol. The molecule has 0 spiro atoms. The minimum Gasteiger partial charge on any atom is -0.434 e. The van der Waals surface area contributed by atoms with Crippen LogP contribution >= 0.6 is 0 Å². The van der Waals surface area contributed by atoms with Gasteiger partial charge in [0.15, 0.2) is 0 Å². The maximum absolute atomic E-state index is 12.9. The summed E-state index contributed by atoms with van der Waals surface area (Å²) in [6.07, 6.45) is 7.46. The van der Waals surface area contributed by atoms with Gasteiger partial charge in [-0.1, -0.05) is 12.0 Å². The Labute approximate surface area is 177 Å². The number of allylic oxidation sites excluding steroid dienone is 1. The zero-order chi connectivity index (χ0) is 21.3. The van der Waals surface area contributed by atoms with Crippen LogP contribution in [-0.4, -0.2) is 60.6 Å². The van der Waals surface area contributed by atoms with Crippen LogP contribution in [0.2, 0.25) is 0 Å². The van der Waals surface area contributed by atoms with Gasteiger partial charge in [-0.2, -0.15) is 0 Å². The van der Waals surface area contributed by atoms with Gasteiger partial charge in [0.2, 0.25) is 5.91 Å². The molecule has 0 radical (unpaired) electrons. The number of benzene rings is 1. The Kier molecular flexibility index (Phi) is 7.88. The summed E-state index contributed by atoms with van der Waals surface area (Å²) in [5, 5.41) is 0. The maximum atomic E-state index is 12.9. The van der Waals surface area contributed by atoms with E-state index < -0.39 is 6.16 Å².